The van der Waals surface area contributed by atoms with Crippen LogP contribution in [0.5, 0.6) is 5.75 Å². The van der Waals surface area contributed by atoms with E-state index in [0.717, 1.165) is 5.56 Å². The fraction of sp³-hybridized carbons (Fsp3) is 0.263. The number of esters is 1. The van der Waals surface area contributed by atoms with Crippen LogP contribution in [0, 0.1) is 6.92 Å². The van der Waals surface area contributed by atoms with Crippen LogP contribution < -0.4 is 15.2 Å². The van der Waals surface area contributed by atoms with E-state index in [2.05, 4.69) is 5.32 Å². The zero-order chi connectivity index (χ0) is 20.7. The van der Waals surface area contributed by atoms with E-state index < -0.39 is 28.0 Å². The van der Waals surface area contributed by atoms with Gasteiger partial charge in [0.15, 0.2) is 6.10 Å². The third kappa shape index (κ3) is 6.67. The lowest BCUT2D eigenvalue weighted by Crippen LogP contribution is -2.30. The Hall–Kier alpha value is -2.91. The molecule has 0 fully saturated rings. The van der Waals surface area contributed by atoms with Gasteiger partial charge in [0, 0.05) is 5.69 Å². The molecule has 2 rings (SSSR count). The fourth-order valence-electron chi connectivity index (χ4n) is 2.17. The molecule has 8 nitrogen and oxygen atoms in total. The van der Waals surface area contributed by atoms with Crippen LogP contribution in [0.15, 0.2) is 53.4 Å². The van der Waals surface area contributed by atoms with Gasteiger partial charge in [-0.3, -0.25) is 9.59 Å². The van der Waals surface area contributed by atoms with Gasteiger partial charge in [0.05, 0.1) is 17.9 Å². The quantitative estimate of drug-likeness (QED) is 0.646. The fourth-order valence-corrected chi connectivity index (χ4v) is 2.68. The molecule has 0 aromatic heterocycles. The van der Waals surface area contributed by atoms with E-state index in [9.17, 15) is 18.0 Å². The zero-order valence-corrected chi connectivity index (χ0v) is 16.4. The van der Waals surface area contributed by atoms with Crippen LogP contribution in [0.25, 0.3) is 0 Å². The van der Waals surface area contributed by atoms with Gasteiger partial charge in [-0.1, -0.05) is 17.7 Å². The highest BCUT2D eigenvalue weighted by molar-refractivity contribution is 7.89. The molecule has 0 saturated carbocycles. The first kappa shape index (κ1) is 21.4. The Morgan fingerprint density at radius 3 is 2.25 bits per heavy atom. The number of carbonyl (C=O) groups is 2. The van der Waals surface area contributed by atoms with E-state index in [1.165, 1.54) is 31.2 Å². The largest absolute Gasteiger partial charge is 0.493 e. The molecule has 0 bridgehead atoms. The second kappa shape index (κ2) is 9.34. The lowest BCUT2D eigenvalue weighted by molar-refractivity contribution is -0.153. The number of nitrogens with two attached hydrogens (primary N) is 1. The molecule has 1 atom stereocenters. The van der Waals surface area contributed by atoms with Crippen LogP contribution in [0.4, 0.5) is 5.69 Å². The number of anilines is 1. The Morgan fingerprint density at radius 2 is 1.68 bits per heavy atom. The molecule has 1 amide bonds. The molecule has 28 heavy (non-hydrogen) atoms. The zero-order valence-electron chi connectivity index (χ0n) is 15.5. The van der Waals surface area contributed by atoms with E-state index >= 15 is 0 Å². The third-order valence-electron chi connectivity index (χ3n) is 3.72. The maximum absolute atomic E-state index is 12.1. The molecular formula is C19H22N2O6S. The van der Waals surface area contributed by atoms with Gasteiger partial charge in [0.1, 0.15) is 5.75 Å². The normalized spacial score (nSPS) is 12.1. The molecular weight excluding hydrogens is 384 g/mol. The molecule has 0 aliphatic rings. The predicted molar refractivity (Wildman–Crippen MR) is 103 cm³/mol. The van der Waals surface area contributed by atoms with Crippen molar-refractivity contribution >= 4 is 27.6 Å². The number of ether oxygens (including phenoxy) is 2. The average molecular weight is 406 g/mol. The minimum Gasteiger partial charge on any atom is -0.493 e. The summed E-state index contributed by atoms with van der Waals surface area (Å²) in [6.45, 7) is 3.53. The van der Waals surface area contributed by atoms with Crippen molar-refractivity contribution < 1.29 is 27.5 Å². The van der Waals surface area contributed by atoms with Crippen molar-refractivity contribution in [1.82, 2.24) is 0 Å². The number of hydrogen-bond acceptors (Lipinski definition) is 6. The van der Waals surface area contributed by atoms with Gasteiger partial charge < -0.3 is 14.8 Å². The molecule has 2 aromatic carbocycles. The summed E-state index contributed by atoms with van der Waals surface area (Å²) in [6, 6.07) is 12.7. The molecule has 0 aliphatic heterocycles. The van der Waals surface area contributed by atoms with Crippen molar-refractivity contribution in [3.63, 3.8) is 0 Å². The summed E-state index contributed by atoms with van der Waals surface area (Å²) >= 11 is 0. The van der Waals surface area contributed by atoms with Crippen LogP contribution in [0.3, 0.4) is 0 Å². The Bertz CT molecular complexity index is 924. The summed E-state index contributed by atoms with van der Waals surface area (Å²) < 4.78 is 32.9. The second-order valence-corrected chi connectivity index (χ2v) is 7.66. The first-order valence-corrected chi connectivity index (χ1v) is 10.0. The average Bonchev–Trinajstić information content (AvgIpc) is 2.63. The van der Waals surface area contributed by atoms with Gasteiger partial charge in [0.25, 0.3) is 5.91 Å². The number of benzene rings is 2. The van der Waals surface area contributed by atoms with Gasteiger partial charge in [-0.2, -0.15) is 0 Å². The Labute approximate surface area is 163 Å². The summed E-state index contributed by atoms with van der Waals surface area (Å²) in [4.78, 5) is 23.9. The van der Waals surface area contributed by atoms with Crippen LogP contribution >= 0.6 is 0 Å². The van der Waals surface area contributed by atoms with Crippen LogP contribution in [0.2, 0.25) is 0 Å². The Kier molecular flexibility index (Phi) is 7.13. The first-order valence-electron chi connectivity index (χ1n) is 8.48. The van der Waals surface area contributed by atoms with Gasteiger partial charge in [-0.15, -0.1) is 0 Å². The number of rotatable bonds is 8. The van der Waals surface area contributed by atoms with Crippen LogP contribution in [-0.2, 0) is 24.3 Å². The molecule has 9 heteroatoms. The van der Waals surface area contributed by atoms with Gasteiger partial charge in [-0.25, -0.2) is 13.6 Å². The van der Waals surface area contributed by atoms with Crippen molar-refractivity contribution in [2.24, 2.45) is 5.14 Å². The van der Waals surface area contributed by atoms with Crippen molar-refractivity contribution in [1.29, 1.82) is 0 Å². The van der Waals surface area contributed by atoms with Crippen molar-refractivity contribution in [3.05, 3.63) is 54.1 Å². The van der Waals surface area contributed by atoms with Gasteiger partial charge in [0.2, 0.25) is 10.0 Å². The molecule has 0 heterocycles. The maximum atomic E-state index is 12.1. The summed E-state index contributed by atoms with van der Waals surface area (Å²) in [5, 5.41) is 7.54. The second-order valence-electron chi connectivity index (χ2n) is 6.10. The number of hydrogen-bond donors (Lipinski definition) is 2. The number of primary sulfonamides is 1. The van der Waals surface area contributed by atoms with Crippen LogP contribution in [0.1, 0.15) is 18.9 Å². The highest BCUT2D eigenvalue weighted by atomic mass is 32.2. The third-order valence-corrected chi connectivity index (χ3v) is 4.65. The minimum absolute atomic E-state index is 0.00540. The Morgan fingerprint density at radius 1 is 1.07 bits per heavy atom. The number of nitrogens with one attached hydrogen (secondary N) is 1. The minimum atomic E-state index is -3.81. The molecule has 0 saturated heterocycles. The number of amides is 1. The monoisotopic (exact) mass is 406 g/mol. The van der Waals surface area contributed by atoms with E-state index in [1.807, 2.05) is 19.1 Å². The number of sulfonamides is 1. The molecule has 3 N–H and O–H groups in total. The van der Waals surface area contributed by atoms with Crippen molar-refractivity contribution in [2.75, 3.05) is 11.9 Å². The summed E-state index contributed by atoms with van der Waals surface area (Å²) in [5.41, 5.74) is 1.45. The summed E-state index contributed by atoms with van der Waals surface area (Å²) in [6.07, 6.45) is -1.03. The summed E-state index contributed by atoms with van der Waals surface area (Å²) in [7, 11) is -3.81. The van der Waals surface area contributed by atoms with Gasteiger partial charge in [-0.05, 0) is 50.2 Å². The highest BCUT2D eigenvalue weighted by Gasteiger charge is 2.18. The van der Waals surface area contributed by atoms with E-state index in [-0.39, 0.29) is 17.9 Å². The number of carbonyl (C=O) groups excluding carboxylic acids is 2. The first-order chi connectivity index (χ1) is 13.1. The lowest BCUT2D eigenvalue weighted by Gasteiger charge is -2.14. The smallest absolute Gasteiger partial charge is 0.310 e. The lowest BCUT2D eigenvalue weighted by atomic mass is 10.2. The molecule has 0 spiro atoms. The molecule has 0 aliphatic carbocycles. The van der Waals surface area contributed by atoms with Crippen molar-refractivity contribution in [3.8, 4) is 5.75 Å². The summed E-state index contributed by atoms with van der Waals surface area (Å²) in [5.74, 6) is -0.470. The highest BCUT2D eigenvalue weighted by Crippen LogP contribution is 2.14. The SMILES string of the molecule is Cc1ccc(OCCC(=O)OC(C)C(=O)Nc2ccc(S(N)(=O)=O)cc2)cc1. The van der Waals surface area contributed by atoms with Crippen molar-refractivity contribution in [2.45, 2.75) is 31.3 Å². The van der Waals surface area contributed by atoms with Crippen LogP contribution in [-0.4, -0.2) is 33.0 Å². The standard InChI is InChI=1S/C19H22N2O6S/c1-13-3-7-16(8-4-13)26-12-11-18(22)27-14(2)19(23)21-15-5-9-17(10-6-15)28(20,24)25/h3-10,14H,11-12H2,1-2H3,(H,21,23)(H2,20,24,25). The molecule has 1 unspecified atom stereocenters. The topological polar surface area (TPSA) is 125 Å². The Balaban J connectivity index is 1.77. The van der Waals surface area contributed by atoms with E-state index in [0.29, 0.717) is 11.4 Å². The molecule has 2 aromatic rings. The van der Waals surface area contributed by atoms with E-state index in [4.69, 9.17) is 14.6 Å². The van der Waals surface area contributed by atoms with Gasteiger partial charge >= 0.3 is 5.97 Å². The molecule has 0 radical (unpaired) electrons. The number of aryl methyl sites for hydroxylation is 1. The predicted octanol–water partition coefficient (Wildman–Crippen LogP) is 1.98. The molecule has 150 valence electrons. The van der Waals surface area contributed by atoms with E-state index in [1.54, 1.807) is 12.1 Å². The maximum Gasteiger partial charge on any atom is 0.310 e.